The molecule has 18 heavy (non-hydrogen) atoms. The highest BCUT2D eigenvalue weighted by atomic mass is 16.2. The molecule has 3 N–H and O–H groups in total. The number of benzene rings is 1. The van der Waals surface area contributed by atoms with E-state index in [1.165, 1.54) is 0 Å². The molecule has 2 rings (SSSR count). The molecule has 0 bridgehead atoms. The van der Waals surface area contributed by atoms with Gasteiger partial charge in [-0.05, 0) is 32.9 Å². The molecule has 0 saturated carbocycles. The summed E-state index contributed by atoms with van der Waals surface area (Å²) in [7, 11) is 0. The number of para-hydroxylation sites is 2. The van der Waals surface area contributed by atoms with Crippen LogP contribution in [-0.4, -0.2) is 21.0 Å². The lowest BCUT2D eigenvalue weighted by Gasteiger charge is -2.20. The third-order valence-corrected chi connectivity index (χ3v) is 2.50. The van der Waals surface area contributed by atoms with E-state index >= 15 is 0 Å². The summed E-state index contributed by atoms with van der Waals surface area (Å²) in [4.78, 5) is 16.1. The first kappa shape index (κ1) is 12.4. The number of carbonyl (C=O) groups excluding carboxylic acids is 1. The molecule has 0 aliphatic rings. The van der Waals surface area contributed by atoms with Gasteiger partial charge in [0.15, 0.2) is 0 Å². The predicted molar refractivity (Wildman–Crippen MR) is 72.0 cm³/mol. The Bertz CT molecular complexity index is 580. The fourth-order valence-corrected chi connectivity index (χ4v) is 1.86. The van der Waals surface area contributed by atoms with Crippen LogP contribution < -0.4 is 11.1 Å². The number of nitrogens with two attached hydrogens (primary N) is 1. The van der Waals surface area contributed by atoms with Crippen molar-refractivity contribution in [1.82, 2.24) is 14.9 Å². The number of anilines is 1. The van der Waals surface area contributed by atoms with E-state index < -0.39 is 0 Å². The zero-order valence-corrected chi connectivity index (χ0v) is 10.9. The van der Waals surface area contributed by atoms with E-state index in [9.17, 15) is 4.79 Å². The minimum Gasteiger partial charge on any atom is -0.369 e. The number of rotatable bonds is 2. The molecule has 5 nitrogen and oxygen atoms in total. The van der Waals surface area contributed by atoms with Gasteiger partial charge in [0.25, 0.3) is 0 Å². The van der Waals surface area contributed by atoms with E-state index in [-0.39, 0.29) is 18.0 Å². The van der Waals surface area contributed by atoms with Crippen LogP contribution in [0.5, 0.6) is 0 Å². The number of nitrogen functional groups attached to an aromatic ring is 1. The van der Waals surface area contributed by atoms with Crippen LogP contribution in [0.25, 0.3) is 11.0 Å². The Morgan fingerprint density at radius 2 is 2.06 bits per heavy atom. The van der Waals surface area contributed by atoms with Gasteiger partial charge in [0.1, 0.15) is 6.54 Å². The predicted octanol–water partition coefficient (Wildman–Crippen LogP) is 1.53. The Balaban J connectivity index is 2.27. The monoisotopic (exact) mass is 246 g/mol. The Morgan fingerprint density at radius 3 is 2.72 bits per heavy atom. The Morgan fingerprint density at radius 1 is 1.39 bits per heavy atom. The maximum atomic E-state index is 11.9. The standard InChI is InChI=1S/C13H18N4O/c1-13(2,3)16-11(18)8-17-10-7-5-4-6-9(10)15-12(17)14/h4-7H,8H2,1-3H3,(H2,14,15)(H,16,18). The van der Waals surface area contributed by atoms with Crippen LogP contribution >= 0.6 is 0 Å². The van der Waals surface area contributed by atoms with Gasteiger partial charge < -0.3 is 15.6 Å². The van der Waals surface area contributed by atoms with Crippen molar-refractivity contribution < 1.29 is 4.79 Å². The number of fused-ring (bicyclic) bond motifs is 1. The summed E-state index contributed by atoms with van der Waals surface area (Å²) in [5, 5.41) is 2.91. The van der Waals surface area contributed by atoms with E-state index in [0.29, 0.717) is 5.95 Å². The number of nitrogens with zero attached hydrogens (tertiary/aromatic N) is 2. The van der Waals surface area contributed by atoms with Gasteiger partial charge in [0, 0.05) is 5.54 Å². The lowest BCUT2D eigenvalue weighted by molar-refractivity contribution is -0.122. The van der Waals surface area contributed by atoms with Crippen molar-refractivity contribution in [1.29, 1.82) is 0 Å². The SMILES string of the molecule is CC(C)(C)NC(=O)Cn1c(N)nc2ccccc21. The Kier molecular flexibility index (Phi) is 2.98. The molecule has 1 heterocycles. The van der Waals surface area contributed by atoms with Crippen molar-refractivity contribution in [3.63, 3.8) is 0 Å². The summed E-state index contributed by atoms with van der Waals surface area (Å²) in [5.41, 5.74) is 7.27. The number of nitrogens with one attached hydrogen (secondary N) is 1. The minimum atomic E-state index is -0.248. The van der Waals surface area contributed by atoms with Crippen LogP contribution in [-0.2, 0) is 11.3 Å². The number of aromatic nitrogens is 2. The molecule has 1 amide bonds. The Hall–Kier alpha value is -2.04. The molecular weight excluding hydrogens is 228 g/mol. The first-order chi connectivity index (χ1) is 8.37. The summed E-state index contributed by atoms with van der Waals surface area (Å²) in [5.74, 6) is 0.289. The lowest BCUT2D eigenvalue weighted by Crippen LogP contribution is -2.42. The molecule has 0 aliphatic heterocycles. The third kappa shape index (κ3) is 2.61. The molecule has 0 unspecified atom stereocenters. The number of hydrogen-bond donors (Lipinski definition) is 2. The third-order valence-electron chi connectivity index (χ3n) is 2.50. The van der Waals surface area contributed by atoms with E-state index in [1.54, 1.807) is 4.57 Å². The van der Waals surface area contributed by atoms with Crippen LogP contribution in [0.1, 0.15) is 20.8 Å². The summed E-state index contributed by atoms with van der Waals surface area (Å²) in [6.07, 6.45) is 0. The largest absolute Gasteiger partial charge is 0.369 e. The molecule has 1 aromatic carbocycles. The van der Waals surface area contributed by atoms with Gasteiger partial charge in [-0.25, -0.2) is 4.98 Å². The number of imidazole rings is 1. The van der Waals surface area contributed by atoms with Crippen molar-refractivity contribution in [3.8, 4) is 0 Å². The van der Waals surface area contributed by atoms with E-state index in [4.69, 9.17) is 5.73 Å². The molecule has 0 saturated heterocycles. The molecular formula is C13H18N4O. The van der Waals surface area contributed by atoms with E-state index in [2.05, 4.69) is 10.3 Å². The molecule has 5 heteroatoms. The first-order valence-electron chi connectivity index (χ1n) is 5.88. The zero-order valence-electron chi connectivity index (χ0n) is 10.9. The van der Waals surface area contributed by atoms with Crippen molar-refractivity contribution in [2.24, 2.45) is 0 Å². The van der Waals surface area contributed by atoms with Crippen molar-refractivity contribution in [2.45, 2.75) is 32.9 Å². The fraction of sp³-hybridized carbons (Fsp3) is 0.385. The molecule has 0 fully saturated rings. The average Bonchev–Trinajstić information content (AvgIpc) is 2.53. The summed E-state index contributed by atoms with van der Waals surface area (Å²) >= 11 is 0. The maximum Gasteiger partial charge on any atom is 0.240 e. The molecule has 0 atom stereocenters. The number of amides is 1. The number of carbonyl (C=O) groups is 1. The second kappa shape index (κ2) is 4.33. The summed E-state index contributed by atoms with van der Waals surface area (Å²) in [6.45, 7) is 6.02. The molecule has 0 spiro atoms. The molecule has 0 aliphatic carbocycles. The highest BCUT2D eigenvalue weighted by Crippen LogP contribution is 2.17. The lowest BCUT2D eigenvalue weighted by atomic mass is 10.1. The average molecular weight is 246 g/mol. The second-order valence-corrected chi connectivity index (χ2v) is 5.34. The van der Waals surface area contributed by atoms with Gasteiger partial charge in [-0.15, -0.1) is 0 Å². The van der Waals surface area contributed by atoms with Crippen LogP contribution in [0.2, 0.25) is 0 Å². The van der Waals surface area contributed by atoms with Gasteiger partial charge >= 0.3 is 0 Å². The highest BCUT2D eigenvalue weighted by Gasteiger charge is 2.16. The number of hydrogen-bond acceptors (Lipinski definition) is 3. The van der Waals surface area contributed by atoms with Crippen molar-refractivity contribution in [3.05, 3.63) is 24.3 Å². The van der Waals surface area contributed by atoms with Gasteiger partial charge in [-0.1, -0.05) is 12.1 Å². The van der Waals surface area contributed by atoms with Gasteiger partial charge in [-0.2, -0.15) is 0 Å². The van der Waals surface area contributed by atoms with Crippen molar-refractivity contribution in [2.75, 3.05) is 5.73 Å². The highest BCUT2D eigenvalue weighted by molar-refractivity contribution is 5.83. The van der Waals surface area contributed by atoms with E-state index in [1.807, 2.05) is 45.0 Å². The summed E-state index contributed by atoms with van der Waals surface area (Å²) in [6, 6.07) is 7.59. The topological polar surface area (TPSA) is 72.9 Å². The van der Waals surface area contributed by atoms with Gasteiger partial charge in [-0.3, -0.25) is 4.79 Å². The van der Waals surface area contributed by atoms with Crippen LogP contribution in [0.15, 0.2) is 24.3 Å². The zero-order chi connectivity index (χ0) is 13.3. The second-order valence-electron chi connectivity index (χ2n) is 5.34. The molecule has 2 aromatic rings. The smallest absolute Gasteiger partial charge is 0.240 e. The first-order valence-corrected chi connectivity index (χ1v) is 5.88. The van der Waals surface area contributed by atoms with Crippen LogP contribution in [0.4, 0.5) is 5.95 Å². The van der Waals surface area contributed by atoms with Crippen molar-refractivity contribution >= 4 is 22.9 Å². The quantitative estimate of drug-likeness (QED) is 0.844. The minimum absolute atomic E-state index is 0.0719. The molecule has 96 valence electrons. The Labute approximate surface area is 106 Å². The van der Waals surface area contributed by atoms with Gasteiger partial charge in [0.05, 0.1) is 11.0 Å². The fourth-order valence-electron chi connectivity index (χ4n) is 1.86. The van der Waals surface area contributed by atoms with Crippen LogP contribution in [0, 0.1) is 0 Å². The normalized spacial score (nSPS) is 11.7. The van der Waals surface area contributed by atoms with Gasteiger partial charge in [0.2, 0.25) is 11.9 Å². The van der Waals surface area contributed by atoms with E-state index in [0.717, 1.165) is 11.0 Å². The molecule has 1 aromatic heterocycles. The molecule has 0 radical (unpaired) electrons. The maximum absolute atomic E-state index is 11.9. The summed E-state index contributed by atoms with van der Waals surface area (Å²) < 4.78 is 1.72. The van der Waals surface area contributed by atoms with Crippen LogP contribution in [0.3, 0.4) is 0 Å².